The summed E-state index contributed by atoms with van der Waals surface area (Å²) in [5.74, 6) is -0.748. The van der Waals surface area contributed by atoms with Crippen LogP contribution in [0.2, 0.25) is 5.02 Å². The van der Waals surface area contributed by atoms with E-state index >= 15 is 0 Å². The second-order valence-corrected chi connectivity index (χ2v) is 6.95. The molecule has 1 heterocycles. The summed E-state index contributed by atoms with van der Waals surface area (Å²) in [6.07, 6.45) is 7.02. The highest BCUT2D eigenvalue weighted by Crippen LogP contribution is 2.37. The number of hydrogen-bond donors (Lipinski definition) is 2. The lowest BCUT2D eigenvalue weighted by molar-refractivity contribution is -0.112. The van der Waals surface area contributed by atoms with Gasteiger partial charge in [-0.3, -0.25) is 4.79 Å². The smallest absolute Gasteiger partial charge is 0.282 e. The molecule has 7 heteroatoms. The summed E-state index contributed by atoms with van der Waals surface area (Å²) in [5.41, 5.74) is 6.76. The van der Waals surface area contributed by atoms with E-state index in [1.165, 1.54) is 18.2 Å². The molecule has 2 rings (SSSR count). The van der Waals surface area contributed by atoms with Gasteiger partial charge in [0.2, 0.25) is 0 Å². The molecule has 150 valence electrons. The fourth-order valence-corrected chi connectivity index (χ4v) is 3.14. The van der Waals surface area contributed by atoms with Crippen molar-refractivity contribution in [3.8, 4) is 0 Å². The number of amidine groups is 1. The fraction of sp³-hybridized carbons (Fsp3) is 0.333. The van der Waals surface area contributed by atoms with Crippen molar-refractivity contribution in [1.82, 2.24) is 0 Å². The van der Waals surface area contributed by atoms with E-state index in [9.17, 15) is 9.18 Å². The topological polar surface area (TPSA) is 76.7 Å². The standard InChI is InChI=1S/C21H25ClFN3O2/c1-4-6-14(7-8-15(23)5-2)19(27)25-16-9-10-18(22)17(13-16)21(3)11-12-28-20(24)26-21/h5-10,13H,4,11-12H2,1-3H3,(H2,24,26)(H,25,27)/b8-7-,14-6-,15-5+/t21-/m0/s1. The van der Waals surface area contributed by atoms with E-state index in [1.807, 2.05) is 13.8 Å². The molecule has 0 saturated heterocycles. The summed E-state index contributed by atoms with van der Waals surface area (Å²) in [5, 5.41) is 3.36. The number of nitrogens with one attached hydrogen (secondary N) is 1. The first-order chi connectivity index (χ1) is 13.3. The lowest BCUT2D eigenvalue weighted by atomic mass is 9.88. The molecular formula is C21H25ClFN3O2. The number of aliphatic imine (C=N–C) groups is 1. The van der Waals surface area contributed by atoms with E-state index in [1.54, 1.807) is 31.2 Å². The number of nitrogens with two attached hydrogens (primary N) is 1. The minimum Gasteiger partial charge on any atom is -0.465 e. The van der Waals surface area contributed by atoms with E-state index in [4.69, 9.17) is 22.1 Å². The van der Waals surface area contributed by atoms with Crippen molar-refractivity contribution in [2.45, 2.75) is 39.2 Å². The number of amides is 1. The molecule has 0 spiro atoms. The SMILES string of the molecule is C\C=C(F)/C=C\C(=C\CC)C(=O)Nc1ccc(Cl)c([C@]2(C)CCOC(N)=N2)c1. The van der Waals surface area contributed by atoms with Crippen LogP contribution in [0.5, 0.6) is 0 Å². The number of carbonyl (C=O) groups is 1. The van der Waals surface area contributed by atoms with Gasteiger partial charge in [0, 0.05) is 28.3 Å². The third-order valence-electron chi connectivity index (χ3n) is 4.38. The van der Waals surface area contributed by atoms with Crippen LogP contribution < -0.4 is 11.1 Å². The maximum absolute atomic E-state index is 13.4. The Hall–Kier alpha value is -2.60. The Balaban J connectivity index is 2.29. The van der Waals surface area contributed by atoms with Crippen LogP contribution in [-0.2, 0) is 15.1 Å². The molecule has 0 saturated carbocycles. The number of hydrogen-bond acceptors (Lipinski definition) is 4. The number of benzene rings is 1. The number of carbonyl (C=O) groups excluding carboxylic acids is 1. The van der Waals surface area contributed by atoms with Gasteiger partial charge in [-0.2, -0.15) is 0 Å². The highest BCUT2D eigenvalue weighted by molar-refractivity contribution is 6.31. The van der Waals surface area contributed by atoms with Crippen molar-refractivity contribution in [2.75, 3.05) is 11.9 Å². The predicted molar refractivity (Wildman–Crippen MR) is 112 cm³/mol. The first-order valence-corrected chi connectivity index (χ1v) is 9.46. The number of anilines is 1. The van der Waals surface area contributed by atoms with E-state index in [0.29, 0.717) is 35.7 Å². The van der Waals surface area contributed by atoms with E-state index in [-0.39, 0.29) is 11.9 Å². The summed E-state index contributed by atoms with van der Waals surface area (Å²) in [6, 6.07) is 5.31. The van der Waals surface area contributed by atoms with E-state index in [2.05, 4.69) is 10.3 Å². The molecule has 3 N–H and O–H groups in total. The molecule has 5 nitrogen and oxygen atoms in total. The highest BCUT2D eigenvalue weighted by Gasteiger charge is 2.32. The molecule has 0 fully saturated rings. The van der Waals surface area contributed by atoms with Gasteiger partial charge in [0.15, 0.2) is 0 Å². The monoisotopic (exact) mass is 405 g/mol. The Labute approximate surface area is 169 Å². The van der Waals surface area contributed by atoms with Gasteiger partial charge in [-0.1, -0.05) is 30.7 Å². The van der Waals surface area contributed by atoms with Gasteiger partial charge in [0.25, 0.3) is 11.9 Å². The molecule has 0 aliphatic carbocycles. The summed E-state index contributed by atoms with van der Waals surface area (Å²) in [6.45, 7) is 5.84. The molecular weight excluding hydrogens is 381 g/mol. The zero-order valence-electron chi connectivity index (χ0n) is 16.3. The maximum atomic E-state index is 13.4. The van der Waals surface area contributed by atoms with Crippen molar-refractivity contribution in [3.63, 3.8) is 0 Å². The Morgan fingerprint density at radius 3 is 2.86 bits per heavy atom. The van der Waals surface area contributed by atoms with Crippen LogP contribution in [0.15, 0.2) is 58.9 Å². The predicted octanol–water partition coefficient (Wildman–Crippen LogP) is 4.99. The second-order valence-electron chi connectivity index (χ2n) is 6.55. The average Bonchev–Trinajstić information content (AvgIpc) is 2.65. The van der Waals surface area contributed by atoms with Crippen molar-refractivity contribution in [1.29, 1.82) is 0 Å². The minimum atomic E-state index is -0.642. The molecule has 1 atom stereocenters. The van der Waals surface area contributed by atoms with Crippen LogP contribution in [-0.4, -0.2) is 18.5 Å². The third-order valence-corrected chi connectivity index (χ3v) is 4.71. The van der Waals surface area contributed by atoms with Gasteiger partial charge in [-0.15, -0.1) is 0 Å². The number of allylic oxidation sites excluding steroid dienone is 4. The largest absolute Gasteiger partial charge is 0.465 e. The van der Waals surface area contributed by atoms with Gasteiger partial charge in [-0.25, -0.2) is 9.38 Å². The minimum absolute atomic E-state index is 0.114. The summed E-state index contributed by atoms with van der Waals surface area (Å²) < 4.78 is 18.6. The Morgan fingerprint density at radius 1 is 1.46 bits per heavy atom. The summed E-state index contributed by atoms with van der Waals surface area (Å²) in [4.78, 5) is 17.0. The van der Waals surface area contributed by atoms with Gasteiger partial charge < -0.3 is 15.8 Å². The Kier molecular flexibility index (Phi) is 7.40. The fourth-order valence-electron chi connectivity index (χ4n) is 2.82. The molecule has 1 aromatic carbocycles. The van der Waals surface area contributed by atoms with Gasteiger partial charge in [0.05, 0.1) is 12.1 Å². The second kappa shape index (κ2) is 9.55. The highest BCUT2D eigenvalue weighted by atomic mass is 35.5. The van der Waals surface area contributed by atoms with Crippen molar-refractivity contribution in [2.24, 2.45) is 10.7 Å². The lowest BCUT2D eigenvalue weighted by Gasteiger charge is -2.31. The number of nitrogens with zero attached hydrogens (tertiary/aromatic N) is 1. The van der Waals surface area contributed by atoms with E-state index in [0.717, 1.165) is 5.56 Å². The van der Waals surface area contributed by atoms with Crippen molar-refractivity contribution in [3.05, 3.63) is 64.5 Å². The molecule has 0 bridgehead atoms. The molecule has 0 radical (unpaired) electrons. The van der Waals surface area contributed by atoms with Crippen LogP contribution in [0.4, 0.5) is 10.1 Å². The molecule has 0 aromatic heterocycles. The first-order valence-electron chi connectivity index (χ1n) is 9.08. The van der Waals surface area contributed by atoms with Crippen molar-refractivity contribution >= 4 is 29.2 Å². The average molecular weight is 406 g/mol. The Bertz CT molecular complexity index is 861. The normalized spacial score (nSPS) is 20.7. The zero-order chi connectivity index (χ0) is 20.7. The molecule has 1 amide bonds. The van der Waals surface area contributed by atoms with Gasteiger partial charge in [-0.05, 0) is 50.6 Å². The lowest BCUT2D eigenvalue weighted by Crippen LogP contribution is -2.33. The molecule has 1 aromatic rings. The molecule has 1 aliphatic heterocycles. The van der Waals surface area contributed by atoms with Crippen molar-refractivity contribution < 1.29 is 13.9 Å². The van der Waals surface area contributed by atoms with Crippen LogP contribution in [0.3, 0.4) is 0 Å². The van der Waals surface area contributed by atoms with E-state index < -0.39 is 11.4 Å². The van der Waals surface area contributed by atoms with Crippen LogP contribution in [0.1, 0.15) is 39.2 Å². The number of ether oxygens (including phenoxy) is 1. The molecule has 0 unspecified atom stereocenters. The number of halogens is 2. The van der Waals surface area contributed by atoms with Gasteiger partial charge in [0.1, 0.15) is 5.83 Å². The summed E-state index contributed by atoms with van der Waals surface area (Å²) >= 11 is 6.38. The third kappa shape index (κ3) is 5.45. The van der Waals surface area contributed by atoms with Crippen LogP contribution in [0.25, 0.3) is 0 Å². The van der Waals surface area contributed by atoms with Crippen LogP contribution in [0, 0.1) is 0 Å². The number of rotatable bonds is 6. The zero-order valence-corrected chi connectivity index (χ0v) is 17.0. The molecule has 28 heavy (non-hydrogen) atoms. The Morgan fingerprint density at radius 2 is 2.21 bits per heavy atom. The van der Waals surface area contributed by atoms with Crippen LogP contribution >= 0.6 is 11.6 Å². The maximum Gasteiger partial charge on any atom is 0.282 e. The first kappa shape index (κ1) is 21.7. The molecule has 1 aliphatic rings. The van der Waals surface area contributed by atoms with Gasteiger partial charge >= 0.3 is 0 Å². The summed E-state index contributed by atoms with van der Waals surface area (Å²) in [7, 11) is 0. The quantitative estimate of drug-likeness (QED) is 0.516.